The van der Waals surface area contributed by atoms with Crippen molar-refractivity contribution in [1.82, 2.24) is 9.55 Å². The van der Waals surface area contributed by atoms with Gasteiger partial charge in [0.1, 0.15) is 5.75 Å². The Labute approximate surface area is 192 Å². The Balaban J connectivity index is 1.51. The number of aromatic nitrogens is 2. The van der Waals surface area contributed by atoms with Crippen molar-refractivity contribution in [3.05, 3.63) is 52.1 Å². The highest BCUT2D eigenvalue weighted by molar-refractivity contribution is 5.96. The number of anilines is 1. The highest BCUT2D eigenvalue weighted by Crippen LogP contribution is 2.38. The standard InChI is InChI=1S/C25H29N3O5/c1-16-9-10-20(31-2)24-17(16)7-5-12-28(24)23(29)8-6-11-27-15-26-19-14-22(33-4)21(32-3)13-18(19)25(27)30/h9-10,13-15H,5-8,11-12H2,1-4H3. The molecule has 0 spiro atoms. The van der Waals surface area contributed by atoms with Gasteiger partial charge in [0.05, 0.1) is 44.2 Å². The summed E-state index contributed by atoms with van der Waals surface area (Å²) in [5, 5.41) is 0.451. The summed E-state index contributed by atoms with van der Waals surface area (Å²) in [4.78, 5) is 32.3. The van der Waals surface area contributed by atoms with E-state index >= 15 is 0 Å². The van der Waals surface area contributed by atoms with Gasteiger partial charge in [-0.25, -0.2) is 4.98 Å². The fraction of sp³-hybridized carbons (Fsp3) is 0.400. The summed E-state index contributed by atoms with van der Waals surface area (Å²) < 4.78 is 17.7. The minimum atomic E-state index is -0.172. The second-order valence-electron chi connectivity index (χ2n) is 8.13. The van der Waals surface area contributed by atoms with Crippen molar-refractivity contribution >= 4 is 22.5 Å². The van der Waals surface area contributed by atoms with Crippen molar-refractivity contribution in [3.8, 4) is 17.2 Å². The van der Waals surface area contributed by atoms with Gasteiger partial charge in [0.2, 0.25) is 5.91 Å². The molecule has 0 saturated heterocycles. The van der Waals surface area contributed by atoms with Gasteiger partial charge in [-0.1, -0.05) is 6.07 Å². The Kier molecular flexibility index (Phi) is 6.53. The summed E-state index contributed by atoms with van der Waals surface area (Å²) in [5.74, 6) is 1.76. The van der Waals surface area contributed by atoms with E-state index in [4.69, 9.17) is 14.2 Å². The minimum Gasteiger partial charge on any atom is -0.495 e. The number of hydrogen-bond acceptors (Lipinski definition) is 6. The van der Waals surface area contributed by atoms with Gasteiger partial charge in [0, 0.05) is 25.6 Å². The smallest absolute Gasteiger partial charge is 0.261 e. The van der Waals surface area contributed by atoms with E-state index in [-0.39, 0.29) is 11.5 Å². The maximum absolute atomic E-state index is 13.1. The molecule has 0 aliphatic carbocycles. The number of fused-ring (bicyclic) bond motifs is 2. The third-order valence-corrected chi connectivity index (χ3v) is 6.20. The number of rotatable bonds is 7. The predicted octanol–water partition coefficient (Wildman–Crippen LogP) is 3.49. The first kappa shape index (κ1) is 22.6. The van der Waals surface area contributed by atoms with E-state index in [1.54, 1.807) is 26.4 Å². The second kappa shape index (κ2) is 9.52. The first-order valence-corrected chi connectivity index (χ1v) is 11.1. The molecule has 4 rings (SSSR count). The average molecular weight is 452 g/mol. The monoisotopic (exact) mass is 451 g/mol. The highest BCUT2D eigenvalue weighted by atomic mass is 16.5. The normalized spacial score (nSPS) is 13.0. The Morgan fingerprint density at radius 2 is 1.79 bits per heavy atom. The van der Waals surface area contributed by atoms with Crippen LogP contribution >= 0.6 is 0 Å². The number of aryl methyl sites for hydroxylation is 2. The Morgan fingerprint density at radius 3 is 2.52 bits per heavy atom. The van der Waals surface area contributed by atoms with Crippen LogP contribution in [0.15, 0.2) is 35.4 Å². The number of amides is 1. The van der Waals surface area contributed by atoms with Crippen LogP contribution < -0.4 is 24.7 Å². The van der Waals surface area contributed by atoms with E-state index in [2.05, 4.69) is 11.9 Å². The van der Waals surface area contributed by atoms with Crippen LogP contribution in [0.3, 0.4) is 0 Å². The molecule has 0 bridgehead atoms. The molecule has 1 aromatic heterocycles. The zero-order valence-electron chi connectivity index (χ0n) is 19.5. The van der Waals surface area contributed by atoms with Crippen LogP contribution in [0.2, 0.25) is 0 Å². The van der Waals surface area contributed by atoms with Gasteiger partial charge < -0.3 is 19.1 Å². The highest BCUT2D eigenvalue weighted by Gasteiger charge is 2.26. The molecule has 1 aliphatic heterocycles. The maximum Gasteiger partial charge on any atom is 0.261 e. The number of carbonyl (C=O) groups excluding carboxylic acids is 1. The molecule has 0 unspecified atom stereocenters. The molecule has 1 amide bonds. The number of methoxy groups -OCH3 is 3. The summed E-state index contributed by atoms with van der Waals surface area (Å²) in [5.41, 5.74) is 3.60. The molecular weight excluding hydrogens is 422 g/mol. The molecule has 0 saturated carbocycles. The van der Waals surface area contributed by atoms with E-state index < -0.39 is 0 Å². The maximum atomic E-state index is 13.1. The molecular formula is C25H29N3O5. The van der Waals surface area contributed by atoms with E-state index in [0.29, 0.717) is 48.3 Å². The molecule has 3 aromatic rings. The van der Waals surface area contributed by atoms with Crippen molar-refractivity contribution in [3.63, 3.8) is 0 Å². The fourth-order valence-corrected chi connectivity index (χ4v) is 4.45. The molecule has 8 heteroatoms. The van der Waals surface area contributed by atoms with Crippen LogP contribution in [-0.4, -0.2) is 43.3 Å². The van der Waals surface area contributed by atoms with Crippen LogP contribution in [0.25, 0.3) is 10.9 Å². The number of ether oxygens (including phenoxy) is 3. The van der Waals surface area contributed by atoms with Crippen molar-refractivity contribution < 1.29 is 19.0 Å². The van der Waals surface area contributed by atoms with Crippen LogP contribution in [0.5, 0.6) is 17.2 Å². The third-order valence-electron chi connectivity index (χ3n) is 6.20. The lowest BCUT2D eigenvalue weighted by Gasteiger charge is -2.32. The van der Waals surface area contributed by atoms with Gasteiger partial charge >= 0.3 is 0 Å². The average Bonchev–Trinajstić information content (AvgIpc) is 2.84. The first-order chi connectivity index (χ1) is 16.0. The largest absolute Gasteiger partial charge is 0.495 e. The van der Waals surface area contributed by atoms with E-state index in [9.17, 15) is 9.59 Å². The van der Waals surface area contributed by atoms with Crippen LogP contribution in [0, 0.1) is 6.92 Å². The zero-order chi connectivity index (χ0) is 23.5. The lowest BCUT2D eigenvalue weighted by atomic mass is 9.96. The van der Waals surface area contributed by atoms with Gasteiger partial charge in [0.25, 0.3) is 5.56 Å². The summed E-state index contributed by atoms with van der Waals surface area (Å²) in [6, 6.07) is 7.29. The quantitative estimate of drug-likeness (QED) is 0.547. The molecule has 8 nitrogen and oxygen atoms in total. The summed E-state index contributed by atoms with van der Waals surface area (Å²) in [7, 11) is 4.70. The molecule has 0 N–H and O–H groups in total. The number of benzene rings is 2. The second-order valence-corrected chi connectivity index (χ2v) is 8.13. The fourth-order valence-electron chi connectivity index (χ4n) is 4.45. The molecule has 1 aliphatic rings. The predicted molar refractivity (Wildman–Crippen MR) is 127 cm³/mol. The number of nitrogens with zero attached hydrogens (tertiary/aromatic N) is 3. The molecule has 2 aromatic carbocycles. The van der Waals surface area contributed by atoms with Crippen LogP contribution in [0.4, 0.5) is 5.69 Å². The minimum absolute atomic E-state index is 0.0352. The molecule has 2 heterocycles. The van der Waals surface area contributed by atoms with Crippen molar-refractivity contribution in [1.29, 1.82) is 0 Å². The van der Waals surface area contributed by atoms with Crippen molar-refractivity contribution in [2.45, 2.75) is 39.2 Å². The summed E-state index contributed by atoms with van der Waals surface area (Å²) in [6.45, 7) is 3.13. The molecule has 174 valence electrons. The van der Waals surface area contributed by atoms with Gasteiger partial charge in [-0.05, 0) is 49.4 Å². The molecule has 0 radical (unpaired) electrons. The van der Waals surface area contributed by atoms with Gasteiger partial charge in [0.15, 0.2) is 11.5 Å². The first-order valence-electron chi connectivity index (χ1n) is 11.1. The summed E-state index contributed by atoms with van der Waals surface area (Å²) in [6.07, 6.45) is 4.23. The Hall–Kier alpha value is -3.55. The van der Waals surface area contributed by atoms with Gasteiger partial charge in [-0.3, -0.25) is 14.2 Å². The van der Waals surface area contributed by atoms with Gasteiger partial charge in [-0.2, -0.15) is 0 Å². The summed E-state index contributed by atoms with van der Waals surface area (Å²) >= 11 is 0. The Morgan fingerprint density at radius 1 is 1.06 bits per heavy atom. The SMILES string of the molecule is COc1cc2ncn(CCCC(=O)N3CCCc4c(C)ccc(OC)c43)c(=O)c2cc1OC. The number of carbonyl (C=O) groups is 1. The Bertz CT molecular complexity index is 1250. The van der Waals surface area contributed by atoms with Crippen molar-refractivity contribution in [2.24, 2.45) is 0 Å². The zero-order valence-corrected chi connectivity index (χ0v) is 19.5. The molecule has 33 heavy (non-hydrogen) atoms. The third kappa shape index (κ3) is 4.25. The van der Waals surface area contributed by atoms with Gasteiger partial charge in [-0.15, -0.1) is 0 Å². The van der Waals surface area contributed by atoms with E-state index in [1.807, 2.05) is 17.0 Å². The van der Waals surface area contributed by atoms with E-state index in [1.165, 1.54) is 29.1 Å². The van der Waals surface area contributed by atoms with Crippen molar-refractivity contribution in [2.75, 3.05) is 32.8 Å². The van der Waals surface area contributed by atoms with Crippen LogP contribution in [0.1, 0.15) is 30.4 Å². The molecule has 0 atom stereocenters. The number of hydrogen-bond donors (Lipinski definition) is 0. The molecule has 0 fully saturated rings. The lowest BCUT2D eigenvalue weighted by Crippen LogP contribution is -2.36. The topological polar surface area (TPSA) is 82.9 Å². The van der Waals surface area contributed by atoms with E-state index in [0.717, 1.165) is 24.3 Å². The van der Waals surface area contributed by atoms with Crippen LogP contribution in [-0.2, 0) is 17.8 Å². The lowest BCUT2D eigenvalue weighted by molar-refractivity contribution is -0.118.